The summed E-state index contributed by atoms with van der Waals surface area (Å²) in [6.45, 7) is 1.27. The van der Waals surface area contributed by atoms with Gasteiger partial charge in [0.1, 0.15) is 11.9 Å². The number of hydrogen-bond donors (Lipinski definition) is 0. The summed E-state index contributed by atoms with van der Waals surface area (Å²) in [7, 11) is 0. The van der Waals surface area contributed by atoms with E-state index in [9.17, 15) is 8.78 Å². The molecule has 0 spiro atoms. The molecule has 1 saturated heterocycles. The van der Waals surface area contributed by atoms with Crippen molar-refractivity contribution in [3.05, 3.63) is 48.0 Å². The van der Waals surface area contributed by atoms with Gasteiger partial charge < -0.3 is 4.90 Å². The van der Waals surface area contributed by atoms with Crippen molar-refractivity contribution in [2.75, 3.05) is 18.0 Å². The van der Waals surface area contributed by atoms with Crippen LogP contribution < -0.4 is 4.90 Å². The van der Waals surface area contributed by atoms with Crippen molar-refractivity contribution in [3.8, 4) is 6.07 Å². The average molecular weight is 340 g/mol. The highest BCUT2D eigenvalue weighted by atomic mass is 19.3. The van der Waals surface area contributed by atoms with Crippen LogP contribution in [0.25, 0.3) is 10.9 Å². The molecule has 4 rings (SSSR count). The number of para-hydroxylation sites is 1. The molecular weight excluding hydrogens is 326 g/mol. The second-order valence-corrected chi connectivity index (χ2v) is 5.93. The van der Waals surface area contributed by atoms with Gasteiger partial charge in [-0.15, -0.1) is 0 Å². The van der Waals surface area contributed by atoms with E-state index in [0.717, 1.165) is 11.8 Å². The van der Waals surface area contributed by atoms with Crippen LogP contribution in [0.2, 0.25) is 0 Å². The van der Waals surface area contributed by atoms with Gasteiger partial charge in [-0.25, -0.2) is 18.7 Å². The Bertz CT molecular complexity index is 961. The molecular formula is C17H14F2N6. The average Bonchev–Trinajstić information content (AvgIpc) is 3.29. The smallest absolute Gasteiger partial charge is 0.297 e. The molecule has 1 atom stereocenters. The molecule has 6 nitrogen and oxygen atoms in total. The van der Waals surface area contributed by atoms with Gasteiger partial charge in [-0.3, -0.25) is 4.68 Å². The van der Waals surface area contributed by atoms with E-state index in [4.69, 9.17) is 5.26 Å². The van der Waals surface area contributed by atoms with Crippen LogP contribution in [0.3, 0.4) is 0 Å². The van der Waals surface area contributed by atoms with Gasteiger partial charge in [-0.05, 0) is 18.6 Å². The van der Waals surface area contributed by atoms with Gasteiger partial charge in [0.15, 0.2) is 5.82 Å². The normalized spacial score (nSPS) is 17.4. The predicted molar refractivity (Wildman–Crippen MR) is 87.3 cm³/mol. The van der Waals surface area contributed by atoms with E-state index in [1.807, 2.05) is 17.0 Å². The Labute approximate surface area is 142 Å². The summed E-state index contributed by atoms with van der Waals surface area (Å²) < 4.78 is 28.1. The molecule has 3 aromatic rings. The van der Waals surface area contributed by atoms with Crippen LogP contribution in [0, 0.1) is 11.3 Å². The number of hydrogen-bond acceptors (Lipinski definition) is 5. The Morgan fingerprint density at radius 3 is 2.84 bits per heavy atom. The van der Waals surface area contributed by atoms with Crippen LogP contribution in [0.5, 0.6) is 0 Å². The standard InChI is InChI=1S/C17H14F2N6/c18-15(19)16-22-14-4-2-1-3-13(14)17(23-16)24-6-5-12(10-24)25-9-11(7-20)8-21-25/h1-4,8-9,12,15H,5-6,10H2. The topological polar surface area (TPSA) is 70.6 Å². The van der Waals surface area contributed by atoms with E-state index in [0.29, 0.717) is 30.0 Å². The highest BCUT2D eigenvalue weighted by Gasteiger charge is 2.28. The zero-order chi connectivity index (χ0) is 17.4. The number of fused-ring (bicyclic) bond motifs is 1. The highest BCUT2D eigenvalue weighted by molar-refractivity contribution is 5.89. The maximum atomic E-state index is 13.2. The molecule has 1 aliphatic heterocycles. The lowest BCUT2D eigenvalue weighted by atomic mass is 10.2. The summed E-state index contributed by atoms with van der Waals surface area (Å²) in [4.78, 5) is 10.1. The Kier molecular flexibility index (Phi) is 3.76. The third-order valence-electron chi connectivity index (χ3n) is 4.36. The van der Waals surface area contributed by atoms with E-state index < -0.39 is 12.2 Å². The van der Waals surface area contributed by atoms with Gasteiger partial charge in [-0.1, -0.05) is 12.1 Å². The van der Waals surface area contributed by atoms with Crippen molar-refractivity contribution in [1.82, 2.24) is 19.7 Å². The summed E-state index contributed by atoms with van der Waals surface area (Å²) in [6.07, 6.45) is 1.31. The van der Waals surface area contributed by atoms with E-state index >= 15 is 0 Å². The van der Waals surface area contributed by atoms with E-state index in [-0.39, 0.29) is 6.04 Å². The number of anilines is 1. The predicted octanol–water partition coefficient (Wildman–Crippen LogP) is 3.09. The zero-order valence-corrected chi connectivity index (χ0v) is 13.2. The van der Waals surface area contributed by atoms with Gasteiger partial charge in [0.05, 0.1) is 23.3 Å². The van der Waals surface area contributed by atoms with Gasteiger partial charge in [0.2, 0.25) is 0 Å². The number of nitrogens with zero attached hydrogens (tertiary/aromatic N) is 6. The molecule has 0 radical (unpaired) electrons. The van der Waals surface area contributed by atoms with Crippen LogP contribution in [-0.2, 0) is 0 Å². The zero-order valence-electron chi connectivity index (χ0n) is 13.2. The maximum Gasteiger partial charge on any atom is 0.297 e. The summed E-state index contributed by atoms with van der Waals surface area (Å²) in [5, 5.41) is 13.9. The number of benzene rings is 1. The second kappa shape index (κ2) is 6.09. The fraction of sp³-hybridized carbons (Fsp3) is 0.294. The van der Waals surface area contributed by atoms with Gasteiger partial charge in [-0.2, -0.15) is 10.4 Å². The Morgan fingerprint density at radius 2 is 2.08 bits per heavy atom. The third-order valence-corrected chi connectivity index (χ3v) is 4.36. The summed E-state index contributed by atoms with van der Waals surface area (Å²) >= 11 is 0. The lowest BCUT2D eigenvalue weighted by Crippen LogP contribution is -2.23. The third kappa shape index (κ3) is 2.78. The van der Waals surface area contributed by atoms with Crippen LogP contribution in [-0.4, -0.2) is 32.8 Å². The summed E-state index contributed by atoms with van der Waals surface area (Å²) in [6, 6.07) is 9.31. The molecule has 1 aliphatic rings. The summed E-state index contributed by atoms with van der Waals surface area (Å²) in [5.41, 5.74) is 1.02. The van der Waals surface area contributed by atoms with Gasteiger partial charge in [0.25, 0.3) is 6.43 Å². The molecule has 0 N–H and O–H groups in total. The fourth-order valence-electron chi connectivity index (χ4n) is 3.16. The molecule has 8 heteroatoms. The first-order chi connectivity index (χ1) is 12.2. The largest absolute Gasteiger partial charge is 0.354 e. The highest BCUT2D eigenvalue weighted by Crippen LogP contribution is 2.32. The van der Waals surface area contributed by atoms with Crippen molar-refractivity contribution in [2.45, 2.75) is 18.9 Å². The second-order valence-electron chi connectivity index (χ2n) is 5.93. The molecule has 0 amide bonds. The fourth-order valence-corrected chi connectivity index (χ4v) is 3.16. The first kappa shape index (κ1) is 15.4. The van der Waals surface area contributed by atoms with Crippen molar-refractivity contribution in [3.63, 3.8) is 0 Å². The van der Waals surface area contributed by atoms with Gasteiger partial charge >= 0.3 is 0 Å². The van der Waals surface area contributed by atoms with Crippen molar-refractivity contribution in [2.24, 2.45) is 0 Å². The molecule has 3 heterocycles. The molecule has 0 bridgehead atoms. The minimum atomic E-state index is -2.72. The van der Waals surface area contributed by atoms with Gasteiger partial charge in [0, 0.05) is 24.7 Å². The number of aromatic nitrogens is 4. The molecule has 1 unspecified atom stereocenters. The monoisotopic (exact) mass is 340 g/mol. The van der Waals surface area contributed by atoms with Crippen LogP contribution in [0.15, 0.2) is 36.7 Å². The summed E-state index contributed by atoms with van der Waals surface area (Å²) in [5.74, 6) is 0.0686. The van der Waals surface area contributed by atoms with Crippen molar-refractivity contribution < 1.29 is 8.78 Å². The molecule has 1 aromatic carbocycles. The van der Waals surface area contributed by atoms with Crippen LogP contribution in [0.4, 0.5) is 14.6 Å². The van der Waals surface area contributed by atoms with E-state index in [1.54, 1.807) is 23.0 Å². The first-order valence-corrected chi connectivity index (χ1v) is 7.90. The number of nitriles is 1. The van der Waals surface area contributed by atoms with Crippen LogP contribution in [0.1, 0.15) is 30.3 Å². The number of alkyl halides is 2. The minimum Gasteiger partial charge on any atom is -0.354 e. The molecule has 2 aromatic heterocycles. The molecule has 25 heavy (non-hydrogen) atoms. The quantitative estimate of drug-likeness (QED) is 0.733. The number of halogens is 2. The molecule has 0 saturated carbocycles. The van der Waals surface area contributed by atoms with Crippen molar-refractivity contribution in [1.29, 1.82) is 5.26 Å². The lowest BCUT2D eigenvalue weighted by molar-refractivity contribution is 0.141. The molecule has 1 fully saturated rings. The lowest BCUT2D eigenvalue weighted by Gasteiger charge is -2.20. The van der Waals surface area contributed by atoms with E-state index in [2.05, 4.69) is 21.1 Å². The van der Waals surface area contributed by atoms with Crippen molar-refractivity contribution >= 4 is 16.7 Å². The SMILES string of the molecule is N#Cc1cnn(C2CCN(c3nc(C(F)F)nc4ccccc34)C2)c1. The Balaban J connectivity index is 1.69. The first-order valence-electron chi connectivity index (χ1n) is 7.90. The molecule has 0 aliphatic carbocycles. The minimum absolute atomic E-state index is 0.0748. The van der Waals surface area contributed by atoms with E-state index in [1.165, 1.54) is 6.20 Å². The number of rotatable bonds is 3. The van der Waals surface area contributed by atoms with Crippen LogP contribution >= 0.6 is 0 Å². The maximum absolute atomic E-state index is 13.2. The Morgan fingerprint density at radius 1 is 1.24 bits per heavy atom. The molecule has 126 valence electrons. The Hall–Kier alpha value is -3.08.